The molecule has 1 aliphatic rings. The van der Waals surface area contributed by atoms with Crippen molar-refractivity contribution < 1.29 is 8.95 Å². The Kier molecular flexibility index (Phi) is 12.4. The summed E-state index contributed by atoms with van der Waals surface area (Å²) in [5.41, 5.74) is 0. The Balaban J connectivity index is 0.00000392. The lowest BCUT2D eigenvalue weighted by Crippen LogP contribution is -2.48. The fourth-order valence-electron chi connectivity index (χ4n) is 3.34. The molecule has 1 saturated carbocycles. The Morgan fingerprint density at radius 3 is 2.75 bits per heavy atom. The molecule has 8 heteroatoms. The van der Waals surface area contributed by atoms with Gasteiger partial charge in [0.1, 0.15) is 11.9 Å². The van der Waals surface area contributed by atoms with Crippen molar-refractivity contribution in [1.29, 1.82) is 0 Å². The van der Waals surface area contributed by atoms with Crippen molar-refractivity contribution in [2.45, 2.75) is 63.3 Å². The highest BCUT2D eigenvalue weighted by atomic mass is 127. The first-order valence-electron chi connectivity index (χ1n) is 9.82. The van der Waals surface area contributed by atoms with Crippen molar-refractivity contribution in [3.05, 3.63) is 29.3 Å². The van der Waals surface area contributed by atoms with E-state index in [4.69, 9.17) is 16.3 Å². The molecule has 0 heterocycles. The van der Waals surface area contributed by atoms with Crippen LogP contribution in [0.2, 0.25) is 5.02 Å². The lowest BCUT2D eigenvalue weighted by Gasteiger charge is -2.30. The zero-order valence-corrected chi connectivity index (χ0v) is 20.9. The van der Waals surface area contributed by atoms with Crippen molar-refractivity contribution >= 4 is 52.3 Å². The van der Waals surface area contributed by atoms with E-state index in [1.165, 1.54) is 0 Å². The van der Waals surface area contributed by atoms with Crippen LogP contribution in [0.25, 0.3) is 0 Å². The van der Waals surface area contributed by atoms with Gasteiger partial charge in [-0.2, -0.15) is 0 Å². The summed E-state index contributed by atoms with van der Waals surface area (Å²) >= 11 is 6.19. The number of nitrogens with one attached hydrogen (secondary N) is 2. The predicted octanol–water partition coefficient (Wildman–Crippen LogP) is 4.36. The van der Waals surface area contributed by atoms with E-state index < -0.39 is 10.8 Å². The minimum atomic E-state index is -0.721. The molecule has 0 aliphatic heterocycles. The lowest BCUT2D eigenvalue weighted by atomic mass is 9.95. The van der Waals surface area contributed by atoms with Gasteiger partial charge in [0.2, 0.25) is 0 Å². The molecule has 0 aromatic heterocycles. The van der Waals surface area contributed by atoms with Crippen LogP contribution < -0.4 is 15.4 Å². The highest BCUT2D eigenvalue weighted by Crippen LogP contribution is 2.25. The molecule has 1 aromatic carbocycles. The number of aliphatic imine (C=N–C) groups is 1. The van der Waals surface area contributed by atoms with Crippen LogP contribution >= 0.6 is 35.6 Å². The number of hydrogen-bond donors (Lipinski definition) is 2. The minimum Gasteiger partial charge on any atom is -0.487 e. The summed E-state index contributed by atoms with van der Waals surface area (Å²) in [5, 5.41) is 7.77. The number of ether oxygens (including phenoxy) is 1. The van der Waals surface area contributed by atoms with Gasteiger partial charge in [-0.1, -0.05) is 44.0 Å². The second kappa shape index (κ2) is 13.6. The number of halogens is 2. The Morgan fingerprint density at radius 1 is 1.36 bits per heavy atom. The zero-order valence-electron chi connectivity index (χ0n) is 16.9. The first-order chi connectivity index (χ1) is 13.1. The quantitative estimate of drug-likeness (QED) is 0.292. The van der Waals surface area contributed by atoms with Gasteiger partial charge in [0.05, 0.1) is 11.6 Å². The van der Waals surface area contributed by atoms with E-state index >= 15 is 0 Å². The normalized spacial score (nSPS) is 21.9. The Hall–Kier alpha value is -0.540. The molecule has 1 aromatic rings. The van der Waals surface area contributed by atoms with E-state index in [0.29, 0.717) is 28.6 Å². The molecular weight excluding hydrogens is 509 g/mol. The third-order valence-electron chi connectivity index (χ3n) is 4.93. The van der Waals surface area contributed by atoms with Gasteiger partial charge in [-0.3, -0.25) is 9.20 Å². The van der Waals surface area contributed by atoms with E-state index in [2.05, 4.69) is 22.5 Å². The number of nitrogens with zero attached hydrogens (tertiary/aromatic N) is 1. The van der Waals surface area contributed by atoms with Gasteiger partial charge in [-0.25, -0.2) is 0 Å². The summed E-state index contributed by atoms with van der Waals surface area (Å²) in [7, 11) is 1.05. The summed E-state index contributed by atoms with van der Waals surface area (Å²) in [5.74, 6) is 2.21. The second-order valence-electron chi connectivity index (χ2n) is 6.83. The van der Waals surface area contributed by atoms with Crippen LogP contribution in [0.15, 0.2) is 29.3 Å². The van der Waals surface area contributed by atoms with E-state index in [9.17, 15) is 4.21 Å². The molecule has 1 fully saturated rings. The summed E-state index contributed by atoms with van der Waals surface area (Å²) in [4.78, 5) is 4.34. The van der Waals surface area contributed by atoms with Crippen LogP contribution in [0.1, 0.15) is 46.0 Å². The maximum atomic E-state index is 12.1. The maximum absolute atomic E-state index is 12.1. The molecule has 0 amide bonds. The summed E-state index contributed by atoms with van der Waals surface area (Å²) in [6.07, 6.45) is 5.05. The highest BCUT2D eigenvalue weighted by molar-refractivity contribution is 14.0. The Bertz CT molecular complexity index is 648. The van der Waals surface area contributed by atoms with Crippen molar-refractivity contribution in [3.8, 4) is 5.75 Å². The van der Waals surface area contributed by atoms with Gasteiger partial charge in [0, 0.05) is 34.9 Å². The van der Waals surface area contributed by atoms with Crippen molar-refractivity contribution in [2.75, 3.05) is 19.3 Å². The monoisotopic (exact) mass is 541 g/mol. The summed E-state index contributed by atoms with van der Waals surface area (Å²) < 4.78 is 18.2. The molecule has 0 radical (unpaired) electrons. The number of guanidine groups is 1. The van der Waals surface area contributed by atoms with Crippen LogP contribution in [-0.2, 0) is 10.8 Å². The maximum Gasteiger partial charge on any atom is 0.191 e. The van der Waals surface area contributed by atoms with E-state index in [1.54, 1.807) is 7.05 Å². The van der Waals surface area contributed by atoms with Crippen LogP contribution in [0.3, 0.4) is 0 Å². The van der Waals surface area contributed by atoms with Crippen molar-refractivity contribution in [2.24, 2.45) is 4.99 Å². The van der Waals surface area contributed by atoms with Gasteiger partial charge in [-0.15, -0.1) is 24.0 Å². The first-order valence-corrected chi connectivity index (χ1v) is 11.6. The Morgan fingerprint density at radius 2 is 2.11 bits per heavy atom. The largest absolute Gasteiger partial charge is 0.487 e. The number of hydrogen-bond acceptors (Lipinski definition) is 3. The van der Waals surface area contributed by atoms with Crippen LogP contribution in [0.5, 0.6) is 5.75 Å². The molecule has 0 spiro atoms. The van der Waals surface area contributed by atoms with Gasteiger partial charge < -0.3 is 15.4 Å². The van der Waals surface area contributed by atoms with Crippen molar-refractivity contribution in [3.63, 3.8) is 0 Å². The molecular formula is C20H33ClIN3O2S. The van der Waals surface area contributed by atoms with Gasteiger partial charge in [-0.05, 0) is 37.8 Å². The minimum absolute atomic E-state index is 0. The molecule has 0 bridgehead atoms. The number of benzene rings is 1. The molecule has 4 unspecified atom stereocenters. The first kappa shape index (κ1) is 25.5. The highest BCUT2D eigenvalue weighted by Gasteiger charge is 2.26. The smallest absolute Gasteiger partial charge is 0.191 e. The van der Waals surface area contributed by atoms with Crippen LogP contribution in [0.4, 0.5) is 0 Å². The fourth-order valence-corrected chi connectivity index (χ4v) is 4.87. The molecule has 0 saturated heterocycles. The number of para-hydroxylation sites is 1. The summed E-state index contributed by atoms with van der Waals surface area (Å²) in [6, 6.07) is 7.84. The van der Waals surface area contributed by atoms with Crippen LogP contribution in [0, 0.1) is 0 Å². The average molecular weight is 542 g/mol. The average Bonchev–Trinajstić information content (AvgIpc) is 2.70. The molecule has 160 valence electrons. The van der Waals surface area contributed by atoms with E-state index in [0.717, 1.165) is 43.8 Å². The Labute approximate surface area is 193 Å². The number of rotatable bonds is 8. The summed E-state index contributed by atoms with van der Waals surface area (Å²) in [6.45, 7) is 4.72. The fraction of sp³-hybridized carbons (Fsp3) is 0.650. The van der Waals surface area contributed by atoms with Crippen LogP contribution in [-0.4, -0.2) is 46.9 Å². The molecule has 5 nitrogen and oxygen atoms in total. The molecule has 2 rings (SSSR count). The van der Waals surface area contributed by atoms with Crippen molar-refractivity contribution in [1.82, 2.24) is 10.6 Å². The molecule has 28 heavy (non-hydrogen) atoms. The SMILES string of the molecule is CCC(CNC(=NC)NC1CCCC(S(=O)CC)C1)Oc1ccccc1Cl.I. The van der Waals surface area contributed by atoms with Gasteiger partial charge >= 0.3 is 0 Å². The standard InChI is InChI=1S/C20H32ClN3O2S.HI/c1-4-16(26-19-12-7-6-11-18(19)21)14-23-20(22-3)24-15-9-8-10-17(13-15)27(25)5-2;/h6-7,11-12,15-17H,4-5,8-10,13-14H2,1-3H3,(H2,22,23,24);1H. The van der Waals surface area contributed by atoms with Gasteiger partial charge in [0.15, 0.2) is 5.96 Å². The third kappa shape index (κ3) is 8.06. The van der Waals surface area contributed by atoms with E-state index in [-0.39, 0.29) is 30.1 Å². The topological polar surface area (TPSA) is 62.7 Å². The molecule has 4 atom stereocenters. The van der Waals surface area contributed by atoms with E-state index in [1.807, 2.05) is 31.2 Å². The zero-order chi connectivity index (χ0) is 19.6. The second-order valence-corrected chi connectivity index (χ2v) is 9.24. The molecule has 1 aliphatic carbocycles. The molecule has 2 N–H and O–H groups in total. The third-order valence-corrected chi connectivity index (χ3v) is 6.98. The van der Waals surface area contributed by atoms with Gasteiger partial charge in [0.25, 0.3) is 0 Å². The lowest BCUT2D eigenvalue weighted by molar-refractivity contribution is 0.199. The predicted molar refractivity (Wildman–Crippen MR) is 131 cm³/mol.